The predicted molar refractivity (Wildman–Crippen MR) is 147 cm³/mol. The molecule has 1 N–H and O–H groups in total. The summed E-state index contributed by atoms with van der Waals surface area (Å²) >= 11 is 6.37. The fourth-order valence-electron chi connectivity index (χ4n) is 4.02. The predicted octanol–water partition coefficient (Wildman–Crippen LogP) is 4.92. The van der Waals surface area contributed by atoms with Gasteiger partial charge in [0, 0.05) is 31.1 Å². The number of carbonyl (C=O) groups excluding carboxylic acids is 2. The molecule has 2 rings (SSSR count). The number of nitrogens with zero attached hydrogens (tertiary/aromatic N) is 2. The molecule has 9 heteroatoms. The van der Waals surface area contributed by atoms with Crippen molar-refractivity contribution in [3.63, 3.8) is 0 Å². The SMILES string of the molecule is CCCCNC(=O)[C@H](CC)N(Cc1ccccc1Cl)C(=O)CCCN(c1cccc(C)c1)S(C)(=O)=O. The van der Waals surface area contributed by atoms with Gasteiger partial charge in [-0.2, -0.15) is 0 Å². The van der Waals surface area contributed by atoms with Crippen LogP contribution in [0.25, 0.3) is 0 Å². The lowest BCUT2D eigenvalue weighted by atomic mass is 10.1. The van der Waals surface area contributed by atoms with Crippen LogP contribution in [-0.4, -0.2) is 50.5 Å². The van der Waals surface area contributed by atoms with Crippen molar-refractivity contribution in [2.45, 2.75) is 65.5 Å². The van der Waals surface area contributed by atoms with Gasteiger partial charge in [0.05, 0.1) is 11.9 Å². The van der Waals surface area contributed by atoms with Crippen LogP contribution in [0.15, 0.2) is 48.5 Å². The van der Waals surface area contributed by atoms with Crippen LogP contribution >= 0.6 is 11.6 Å². The summed E-state index contributed by atoms with van der Waals surface area (Å²) in [5, 5.41) is 3.47. The number of nitrogens with one attached hydrogen (secondary N) is 1. The molecule has 7 nitrogen and oxygen atoms in total. The van der Waals surface area contributed by atoms with Gasteiger partial charge in [0.25, 0.3) is 0 Å². The number of benzene rings is 2. The van der Waals surface area contributed by atoms with E-state index in [1.165, 1.54) is 4.31 Å². The maximum atomic E-state index is 13.5. The first-order valence-corrected chi connectivity index (χ1v) is 14.7. The number of amides is 2. The minimum absolute atomic E-state index is 0.0982. The summed E-state index contributed by atoms with van der Waals surface area (Å²) < 4.78 is 26.2. The summed E-state index contributed by atoms with van der Waals surface area (Å²) in [6.07, 6.45) is 3.84. The van der Waals surface area contributed by atoms with Gasteiger partial charge in [0.1, 0.15) is 6.04 Å². The first kappa shape index (κ1) is 29.6. The quantitative estimate of drug-likeness (QED) is 0.348. The highest BCUT2D eigenvalue weighted by Gasteiger charge is 2.29. The average Bonchev–Trinajstić information content (AvgIpc) is 2.82. The van der Waals surface area contributed by atoms with E-state index >= 15 is 0 Å². The Bertz CT molecular complexity index is 1120. The van der Waals surface area contributed by atoms with Crippen molar-refractivity contribution < 1.29 is 18.0 Å². The lowest BCUT2D eigenvalue weighted by Crippen LogP contribution is -2.49. The number of unbranched alkanes of at least 4 members (excludes halogenated alkanes) is 1. The summed E-state index contributed by atoms with van der Waals surface area (Å²) in [6.45, 7) is 6.74. The maximum Gasteiger partial charge on any atom is 0.242 e. The summed E-state index contributed by atoms with van der Waals surface area (Å²) in [5.41, 5.74) is 2.27. The van der Waals surface area contributed by atoms with E-state index in [9.17, 15) is 18.0 Å². The molecule has 0 aliphatic heterocycles. The number of carbonyl (C=O) groups is 2. The number of sulfonamides is 1. The number of hydrogen-bond acceptors (Lipinski definition) is 4. The average molecular weight is 536 g/mol. The maximum absolute atomic E-state index is 13.5. The van der Waals surface area contributed by atoms with Gasteiger partial charge in [-0.1, -0.05) is 62.2 Å². The topological polar surface area (TPSA) is 86.8 Å². The van der Waals surface area contributed by atoms with Crippen LogP contribution in [0.2, 0.25) is 5.02 Å². The molecule has 0 radical (unpaired) electrons. The molecule has 0 aromatic heterocycles. The van der Waals surface area contributed by atoms with Crippen molar-refractivity contribution in [3.05, 3.63) is 64.7 Å². The van der Waals surface area contributed by atoms with Crippen LogP contribution < -0.4 is 9.62 Å². The molecule has 2 amide bonds. The van der Waals surface area contributed by atoms with Crippen LogP contribution in [0.4, 0.5) is 5.69 Å². The van der Waals surface area contributed by atoms with Gasteiger partial charge in [-0.25, -0.2) is 8.42 Å². The highest BCUT2D eigenvalue weighted by atomic mass is 35.5. The van der Waals surface area contributed by atoms with Crippen molar-refractivity contribution in [2.75, 3.05) is 23.7 Å². The molecule has 0 aliphatic carbocycles. The molecule has 198 valence electrons. The second kappa shape index (κ2) is 14.2. The van der Waals surface area contributed by atoms with Crippen LogP contribution in [0.5, 0.6) is 0 Å². The Hall–Kier alpha value is -2.58. The van der Waals surface area contributed by atoms with Crippen molar-refractivity contribution in [1.82, 2.24) is 10.2 Å². The number of hydrogen-bond donors (Lipinski definition) is 1. The van der Waals surface area contributed by atoms with E-state index in [1.54, 1.807) is 23.1 Å². The van der Waals surface area contributed by atoms with Crippen LogP contribution in [-0.2, 0) is 26.2 Å². The first-order chi connectivity index (χ1) is 17.1. The minimum Gasteiger partial charge on any atom is -0.354 e. The van der Waals surface area contributed by atoms with Crippen molar-refractivity contribution in [2.24, 2.45) is 0 Å². The van der Waals surface area contributed by atoms with E-state index in [1.807, 2.05) is 51.1 Å². The first-order valence-electron chi connectivity index (χ1n) is 12.4. The normalized spacial score (nSPS) is 12.1. The zero-order valence-corrected chi connectivity index (χ0v) is 23.2. The molecule has 0 heterocycles. The van der Waals surface area contributed by atoms with E-state index in [2.05, 4.69) is 5.32 Å². The molecule has 0 saturated heterocycles. The molecule has 0 spiro atoms. The Labute approximate surface area is 220 Å². The van der Waals surface area contributed by atoms with Gasteiger partial charge in [0.2, 0.25) is 21.8 Å². The Morgan fingerprint density at radius 1 is 1.06 bits per heavy atom. The second-order valence-corrected chi connectivity index (χ2v) is 11.3. The molecule has 0 fully saturated rings. The van der Waals surface area contributed by atoms with Gasteiger partial charge in [0.15, 0.2) is 0 Å². The number of rotatable bonds is 14. The van der Waals surface area contributed by atoms with Crippen LogP contribution in [0, 0.1) is 6.92 Å². The Kier molecular flexibility index (Phi) is 11.7. The van der Waals surface area contributed by atoms with E-state index in [0.29, 0.717) is 30.1 Å². The Morgan fingerprint density at radius 2 is 1.78 bits per heavy atom. The molecule has 0 bridgehead atoms. The van der Waals surface area contributed by atoms with Gasteiger partial charge in [-0.3, -0.25) is 13.9 Å². The second-order valence-electron chi connectivity index (χ2n) is 8.96. The third-order valence-corrected chi connectivity index (χ3v) is 7.52. The Balaban J connectivity index is 2.21. The summed E-state index contributed by atoms with van der Waals surface area (Å²) in [4.78, 5) is 28.0. The molecule has 0 saturated carbocycles. The van der Waals surface area contributed by atoms with E-state index in [4.69, 9.17) is 11.6 Å². The smallest absolute Gasteiger partial charge is 0.242 e. The minimum atomic E-state index is -3.53. The van der Waals surface area contributed by atoms with Crippen molar-refractivity contribution >= 4 is 39.1 Å². The highest BCUT2D eigenvalue weighted by Crippen LogP contribution is 2.22. The number of halogens is 1. The van der Waals surface area contributed by atoms with E-state index in [-0.39, 0.29) is 31.3 Å². The molecular weight excluding hydrogens is 498 g/mol. The van der Waals surface area contributed by atoms with Gasteiger partial charge in [-0.15, -0.1) is 0 Å². The largest absolute Gasteiger partial charge is 0.354 e. The molecular formula is C27H38ClN3O4S. The lowest BCUT2D eigenvalue weighted by Gasteiger charge is -2.31. The third kappa shape index (κ3) is 8.82. The van der Waals surface area contributed by atoms with E-state index in [0.717, 1.165) is 30.2 Å². The Morgan fingerprint density at radius 3 is 2.39 bits per heavy atom. The molecule has 0 aliphatic rings. The van der Waals surface area contributed by atoms with Gasteiger partial charge < -0.3 is 10.2 Å². The summed E-state index contributed by atoms with van der Waals surface area (Å²) in [5.74, 6) is -0.408. The van der Waals surface area contributed by atoms with Crippen LogP contribution in [0.3, 0.4) is 0 Å². The molecule has 1 atom stereocenters. The standard InChI is InChI=1S/C27H38ClN3O4S/c1-5-7-17-29-27(33)25(6-2)30(20-22-13-8-9-15-24(22)28)26(32)16-11-18-31(36(4,34)35)23-14-10-12-21(3)19-23/h8-10,12-15,19,25H,5-7,11,16-18,20H2,1-4H3,(H,29,33)/t25-/m0/s1. The molecule has 2 aromatic carbocycles. The number of aryl methyl sites for hydroxylation is 1. The molecule has 36 heavy (non-hydrogen) atoms. The van der Waals surface area contributed by atoms with Gasteiger partial charge >= 0.3 is 0 Å². The van der Waals surface area contributed by atoms with Gasteiger partial charge in [-0.05, 0) is 55.5 Å². The zero-order chi connectivity index (χ0) is 26.7. The molecule has 2 aromatic rings. The van der Waals surface area contributed by atoms with Crippen molar-refractivity contribution in [3.8, 4) is 0 Å². The van der Waals surface area contributed by atoms with E-state index < -0.39 is 16.1 Å². The lowest BCUT2D eigenvalue weighted by molar-refractivity contribution is -0.141. The summed E-state index contributed by atoms with van der Waals surface area (Å²) in [6, 6.07) is 13.9. The fraction of sp³-hybridized carbons (Fsp3) is 0.481. The summed E-state index contributed by atoms with van der Waals surface area (Å²) in [7, 11) is -3.53. The molecule has 0 unspecified atom stereocenters. The van der Waals surface area contributed by atoms with Crippen molar-refractivity contribution in [1.29, 1.82) is 0 Å². The monoisotopic (exact) mass is 535 g/mol. The fourth-order valence-corrected chi connectivity index (χ4v) is 5.18. The number of anilines is 1. The zero-order valence-electron chi connectivity index (χ0n) is 21.7. The van der Waals surface area contributed by atoms with Crippen LogP contribution in [0.1, 0.15) is 57.1 Å². The highest BCUT2D eigenvalue weighted by molar-refractivity contribution is 7.92. The third-order valence-electron chi connectivity index (χ3n) is 5.96.